The number of esters is 1. The second-order valence-corrected chi connectivity index (χ2v) is 4.62. The molecular formula is C13H9NO3S. The SMILES string of the molecule is COC(=O)c1ccc2nc(-c3cccs3)oc2c1. The summed E-state index contributed by atoms with van der Waals surface area (Å²) in [6.07, 6.45) is 0. The molecule has 2 heterocycles. The summed E-state index contributed by atoms with van der Waals surface area (Å²) in [5.74, 6) is 0.188. The van der Waals surface area contributed by atoms with Gasteiger partial charge in [-0.2, -0.15) is 0 Å². The Kier molecular flexibility index (Phi) is 2.60. The predicted molar refractivity (Wildman–Crippen MR) is 68.7 cm³/mol. The van der Waals surface area contributed by atoms with E-state index in [1.807, 2.05) is 17.5 Å². The number of aromatic nitrogens is 1. The van der Waals surface area contributed by atoms with Crippen LogP contribution in [0.1, 0.15) is 10.4 Å². The Hall–Kier alpha value is -2.14. The van der Waals surface area contributed by atoms with E-state index < -0.39 is 0 Å². The van der Waals surface area contributed by atoms with Gasteiger partial charge in [0.15, 0.2) is 5.58 Å². The highest BCUT2D eigenvalue weighted by Crippen LogP contribution is 2.28. The molecule has 0 unspecified atom stereocenters. The zero-order chi connectivity index (χ0) is 12.5. The first kappa shape index (κ1) is 11.0. The van der Waals surface area contributed by atoms with Gasteiger partial charge in [-0.1, -0.05) is 6.07 Å². The predicted octanol–water partition coefficient (Wildman–Crippen LogP) is 3.34. The molecule has 2 aromatic heterocycles. The largest absolute Gasteiger partial charge is 0.465 e. The highest BCUT2D eigenvalue weighted by molar-refractivity contribution is 7.13. The maximum absolute atomic E-state index is 11.4. The lowest BCUT2D eigenvalue weighted by atomic mass is 10.2. The molecule has 0 saturated carbocycles. The van der Waals surface area contributed by atoms with Crippen molar-refractivity contribution in [2.45, 2.75) is 0 Å². The molecule has 0 saturated heterocycles. The molecule has 5 heteroatoms. The first-order chi connectivity index (χ1) is 8.78. The van der Waals surface area contributed by atoms with Crippen LogP contribution in [-0.2, 0) is 4.74 Å². The third-order valence-electron chi connectivity index (χ3n) is 2.54. The lowest BCUT2D eigenvalue weighted by molar-refractivity contribution is 0.0601. The van der Waals surface area contributed by atoms with E-state index in [9.17, 15) is 4.79 Å². The van der Waals surface area contributed by atoms with Crippen LogP contribution < -0.4 is 0 Å². The number of hydrogen-bond acceptors (Lipinski definition) is 5. The molecule has 0 spiro atoms. The van der Waals surface area contributed by atoms with E-state index in [-0.39, 0.29) is 5.97 Å². The van der Waals surface area contributed by atoms with E-state index in [1.165, 1.54) is 7.11 Å². The molecule has 18 heavy (non-hydrogen) atoms. The zero-order valence-corrected chi connectivity index (χ0v) is 10.4. The van der Waals surface area contributed by atoms with Gasteiger partial charge in [-0.25, -0.2) is 9.78 Å². The van der Waals surface area contributed by atoms with Crippen LogP contribution in [0, 0.1) is 0 Å². The van der Waals surface area contributed by atoms with Gasteiger partial charge in [-0.15, -0.1) is 11.3 Å². The van der Waals surface area contributed by atoms with Crippen molar-refractivity contribution < 1.29 is 13.9 Å². The number of thiophene rings is 1. The van der Waals surface area contributed by atoms with Gasteiger partial charge in [0.1, 0.15) is 5.52 Å². The van der Waals surface area contributed by atoms with Crippen LogP contribution in [-0.4, -0.2) is 18.1 Å². The van der Waals surface area contributed by atoms with Crippen molar-refractivity contribution in [2.75, 3.05) is 7.11 Å². The molecule has 4 nitrogen and oxygen atoms in total. The Morgan fingerprint density at radius 1 is 1.39 bits per heavy atom. The van der Waals surface area contributed by atoms with Crippen LogP contribution in [0.2, 0.25) is 0 Å². The summed E-state index contributed by atoms with van der Waals surface area (Å²) in [5, 5.41) is 1.96. The van der Waals surface area contributed by atoms with Crippen LogP contribution in [0.5, 0.6) is 0 Å². The number of nitrogens with zero attached hydrogens (tertiary/aromatic N) is 1. The number of methoxy groups -OCH3 is 1. The van der Waals surface area contributed by atoms with Crippen molar-refractivity contribution in [2.24, 2.45) is 0 Å². The summed E-state index contributed by atoms with van der Waals surface area (Å²) >= 11 is 1.56. The quantitative estimate of drug-likeness (QED) is 0.662. The summed E-state index contributed by atoms with van der Waals surface area (Å²) < 4.78 is 10.3. The Bertz CT molecular complexity index is 700. The van der Waals surface area contributed by atoms with Gasteiger partial charge < -0.3 is 9.15 Å². The minimum absolute atomic E-state index is 0.383. The van der Waals surface area contributed by atoms with Gasteiger partial charge in [0, 0.05) is 0 Å². The van der Waals surface area contributed by atoms with Crippen molar-refractivity contribution >= 4 is 28.4 Å². The second kappa shape index (κ2) is 4.27. The standard InChI is InChI=1S/C13H9NO3S/c1-16-13(15)8-4-5-9-10(7-8)17-12(14-9)11-3-2-6-18-11/h2-7H,1H3. The molecule has 90 valence electrons. The number of benzene rings is 1. The van der Waals surface area contributed by atoms with E-state index in [2.05, 4.69) is 9.72 Å². The Balaban J connectivity index is 2.10. The first-order valence-electron chi connectivity index (χ1n) is 5.31. The van der Waals surface area contributed by atoms with Crippen molar-refractivity contribution in [1.82, 2.24) is 4.98 Å². The van der Waals surface area contributed by atoms with E-state index >= 15 is 0 Å². The fraction of sp³-hybridized carbons (Fsp3) is 0.0769. The van der Waals surface area contributed by atoms with Crippen LogP contribution in [0.4, 0.5) is 0 Å². The number of rotatable bonds is 2. The third-order valence-corrected chi connectivity index (χ3v) is 3.40. The minimum Gasteiger partial charge on any atom is -0.465 e. The number of fused-ring (bicyclic) bond motifs is 1. The summed E-state index contributed by atoms with van der Waals surface area (Å²) in [6.45, 7) is 0. The molecule has 0 amide bonds. The van der Waals surface area contributed by atoms with Crippen molar-refractivity contribution in [3.63, 3.8) is 0 Å². The van der Waals surface area contributed by atoms with E-state index in [4.69, 9.17) is 4.42 Å². The average molecular weight is 259 g/mol. The smallest absolute Gasteiger partial charge is 0.337 e. The van der Waals surface area contributed by atoms with Crippen molar-refractivity contribution in [3.05, 3.63) is 41.3 Å². The van der Waals surface area contributed by atoms with Gasteiger partial charge in [-0.05, 0) is 29.6 Å². The number of hydrogen-bond donors (Lipinski definition) is 0. The van der Waals surface area contributed by atoms with E-state index in [1.54, 1.807) is 29.5 Å². The van der Waals surface area contributed by atoms with Crippen LogP contribution in [0.3, 0.4) is 0 Å². The normalized spacial score (nSPS) is 10.7. The molecule has 0 aliphatic carbocycles. The third kappa shape index (κ3) is 1.78. The average Bonchev–Trinajstić information content (AvgIpc) is 3.04. The molecule has 3 aromatic rings. The van der Waals surface area contributed by atoms with Crippen molar-refractivity contribution in [1.29, 1.82) is 0 Å². The molecule has 0 N–H and O–H groups in total. The maximum Gasteiger partial charge on any atom is 0.337 e. The minimum atomic E-state index is -0.383. The number of oxazole rings is 1. The first-order valence-corrected chi connectivity index (χ1v) is 6.18. The van der Waals surface area contributed by atoms with Crippen molar-refractivity contribution in [3.8, 4) is 10.8 Å². The topological polar surface area (TPSA) is 52.3 Å². The fourth-order valence-electron chi connectivity index (χ4n) is 1.68. The lowest BCUT2D eigenvalue weighted by Gasteiger charge is -1.96. The molecule has 3 rings (SSSR count). The Morgan fingerprint density at radius 3 is 3.00 bits per heavy atom. The van der Waals surface area contributed by atoms with Crippen LogP contribution in [0.25, 0.3) is 21.9 Å². The molecule has 0 aliphatic heterocycles. The molecular weight excluding hydrogens is 250 g/mol. The van der Waals surface area contributed by atoms with E-state index in [0.29, 0.717) is 17.0 Å². The molecule has 1 aromatic carbocycles. The summed E-state index contributed by atoms with van der Waals surface area (Å²) in [5.41, 5.74) is 1.77. The maximum atomic E-state index is 11.4. The highest BCUT2D eigenvalue weighted by Gasteiger charge is 2.12. The van der Waals surface area contributed by atoms with Gasteiger partial charge >= 0.3 is 5.97 Å². The number of carbonyl (C=O) groups excluding carboxylic acids is 1. The number of carbonyl (C=O) groups is 1. The second-order valence-electron chi connectivity index (χ2n) is 3.67. The summed E-state index contributed by atoms with van der Waals surface area (Å²) in [7, 11) is 1.35. The Morgan fingerprint density at radius 2 is 2.28 bits per heavy atom. The molecule has 0 radical (unpaired) electrons. The van der Waals surface area contributed by atoms with Crippen LogP contribution >= 0.6 is 11.3 Å². The highest BCUT2D eigenvalue weighted by atomic mass is 32.1. The van der Waals surface area contributed by atoms with Gasteiger partial charge in [0.25, 0.3) is 0 Å². The Labute approximate surface area is 107 Å². The fourth-order valence-corrected chi connectivity index (χ4v) is 2.32. The molecule has 0 aliphatic rings. The monoisotopic (exact) mass is 259 g/mol. The van der Waals surface area contributed by atoms with Crippen LogP contribution in [0.15, 0.2) is 40.1 Å². The molecule has 0 fully saturated rings. The molecule has 0 atom stereocenters. The van der Waals surface area contributed by atoms with Gasteiger partial charge in [0.05, 0.1) is 17.6 Å². The van der Waals surface area contributed by atoms with Gasteiger partial charge in [-0.3, -0.25) is 0 Å². The number of ether oxygens (including phenoxy) is 1. The summed E-state index contributed by atoms with van der Waals surface area (Å²) in [4.78, 5) is 16.7. The lowest BCUT2D eigenvalue weighted by Crippen LogP contribution is -2.00. The summed E-state index contributed by atoms with van der Waals surface area (Å²) in [6, 6.07) is 8.95. The zero-order valence-electron chi connectivity index (χ0n) is 9.54. The molecule has 0 bridgehead atoms. The van der Waals surface area contributed by atoms with E-state index in [0.717, 1.165) is 10.4 Å². The van der Waals surface area contributed by atoms with Gasteiger partial charge in [0.2, 0.25) is 5.89 Å².